The normalized spacial score (nSPS) is 11.7. The van der Waals surface area contributed by atoms with Crippen molar-refractivity contribution in [3.63, 3.8) is 0 Å². The highest BCUT2D eigenvalue weighted by Crippen LogP contribution is 2.34. The number of aromatic nitrogens is 1. The lowest BCUT2D eigenvalue weighted by molar-refractivity contribution is 0.355. The average Bonchev–Trinajstić information content (AvgIpc) is 3.19. The zero-order valence-electron chi connectivity index (χ0n) is 17.0. The summed E-state index contributed by atoms with van der Waals surface area (Å²) < 4.78 is 23.3. The van der Waals surface area contributed by atoms with Crippen LogP contribution in [0, 0.1) is 0 Å². The van der Waals surface area contributed by atoms with Gasteiger partial charge in [0.15, 0.2) is 11.5 Å². The van der Waals surface area contributed by atoms with E-state index >= 15 is 0 Å². The van der Waals surface area contributed by atoms with E-state index in [-0.39, 0.29) is 0 Å². The van der Waals surface area contributed by atoms with Gasteiger partial charge in [0.25, 0.3) is 0 Å². The first-order chi connectivity index (χ1) is 14.1. The van der Waals surface area contributed by atoms with Crippen LogP contribution in [0.15, 0.2) is 51.9 Å². The average molecular weight is 413 g/mol. The first-order valence-corrected chi connectivity index (χ1v) is 9.65. The van der Waals surface area contributed by atoms with Crippen LogP contribution in [-0.2, 0) is 0 Å². The summed E-state index contributed by atoms with van der Waals surface area (Å²) in [4.78, 5) is 5.09. The Bertz CT molecular complexity index is 1090. The number of rotatable bonds is 7. The topological polar surface area (TPSA) is 66.6 Å². The van der Waals surface area contributed by atoms with E-state index in [1.807, 2.05) is 41.8 Å². The van der Waals surface area contributed by atoms with Crippen LogP contribution in [-0.4, -0.2) is 46.4 Å². The van der Waals surface area contributed by atoms with E-state index in [4.69, 9.17) is 18.9 Å². The number of thiazole rings is 1. The number of hydrogen-bond donors (Lipinski definition) is 0. The molecule has 1 heterocycles. The van der Waals surface area contributed by atoms with E-state index < -0.39 is 0 Å². The summed E-state index contributed by atoms with van der Waals surface area (Å²) in [5, 5.41) is 6.65. The largest absolute Gasteiger partial charge is 0.497 e. The molecule has 0 aliphatic heterocycles. The number of ether oxygens (including phenoxy) is 4. The van der Waals surface area contributed by atoms with Crippen LogP contribution in [0.2, 0.25) is 0 Å². The Morgan fingerprint density at radius 1 is 0.862 bits per heavy atom. The van der Waals surface area contributed by atoms with Crippen LogP contribution in [0.3, 0.4) is 0 Å². The van der Waals surface area contributed by atoms with Gasteiger partial charge in [-0.2, -0.15) is 5.10 Å². The molecule has 0 N–H and O–H groups in total. The van der Waals surface area contributed by atoms with Crippen molar-refractivity contribution in [1.82, 2.24) is 4.68 Å². The molecule has 0 fully saturated rings. The van der Waals surface area contributed by atoms with Gasteiger partial charge in [0, 0.05) is 18.0 Å². The van der Waals surface area contributed by atoms with Gasteiger partial charge < -0.3 is 18.9 Å². The molecule has 8 heteroatoms. The lowest BCUT2D eigenvalue weighted by atomic mass is 10.1. The third-order valence-electron chi connectivity index (χ3n) is 4.29. The van der Waals surface area contributed by atoms with Crippen LogP contribution in [0.4, 0.5) is 0 Å². The van der Waals surface area contributed by atoms with Crippen LogP contribution in [0.5, 0.6) is 23.0 Å². The molecule has 0 saturated heterocycles. The second-order valence-corrected chi connectivity index (χ2v) is 6.70. The van der Waals surface area contributed by atoms with Crippen molar-refractivity contribution >= 4 is 17.6 Å². The summed E-state index contributed by atoms with van der Waals surface area (Å²) >= 11 is 1.49. The summed E-state index contributed by atoms with van der Waals surface area (Å²) in [7, 11) is 8.22. The summed E-state index contributed by atoms with van der Waals surface area (Å²) in [6, 6.07) is 11.3. The molecular weight excluding hydrogens is 390 g/mol. The van der Waals surface area contributed by atoms with Crippen molar-refractivity contribution < 1.29 is 18.9 Å². The van der Waals surface area contributed by atoms with E-state index in [0.29, 0.717) is 11.5 Å². The Hall–Kier alpha value is -3.26. The van der Waals surface area contributed by atoms with Gasteiger partial charge in [-0.3, -0.25) is 4.99 Å². The number of hydrogen-bond acceptors (Lipinski definition) is 7. The van der Waals surface area contributed by atoms with E-state index in [1.54, 1.807) is 46.4 Å². The molecule has 0 bridgehead atoms. The van der Waals surface area contributed by atoms with Gasteiger partial charge in [-0.15, -0.1) is 11.3 Å². The molecule has 1 aromatic heterocycles. The van der Waals surface area contributed by atoms with Crippen molar-refractivity contribution in [2.75, 3.05) is 35.5 Å². The van der Waals surface area contributed by atoms with Crippen molar-refractivity contribution in [2.45, 2.75) is 0 Å². The molecule has 152 valence electrons. The minimum Gasteiger partial charge on any atom is -0.497 e. The Kier molecular flexibility index (Phi) is 6.56. The molecule has 0 atom stereocenters. The van der Waals surface area contributed by atoms with E-state index in [0.717, 1.165) is 33.1 Å². The van der Waals surface area contributed by atoms with Gasteiger partial charge in [-0.05, 0) is 42.0 Å². The van der Waals surface area contributed by atoms with Crippen LogP contribution < -0.4 is 23.7 Å². The number of methoxy groups -OCH3 is 4. The molecule has 3 aromatic rings. The van der Waals surface area contributed by atoms with Crippen molar-refractivity contribution in [2.24, 2.45) is 10.1 Å². The zero-order chi connectivity index (χ0) is 20.8. The van der Waals surface area contributed by atoms with Gasteiger partial charge in [-0.1, -0.05) is 0 Å². The SMILES string of the molecule is CN=c1scc(-c2cc(OC)ccc2OC)n1N=Cc1ccc(OC)c(OC)c1. The van der Waals surface area contributed by atoms with Crippen LogP contribution in [0.1, 0.15) is 5.56 Å². The minimum atomic E-state index is 0.641. The fraction of sp³-hybridized carbons (Fsp3) is 0.238. The summed E-state index contributed by atoms with van der Waals surface area (Å²) in [6.07, 6.45) is 1.75. The van der Waals surface area contributed by atoms with Gasteiger partial charge in [-0.25, -0.2) is 4.68 Å². The molecule has 3 rings (SSSR count). The predicted molar refractivity (Wildman–Crippen MR) is 115 cm³/mol. The van der Waals surface area contributed by atoms with Crippen molar-refractivity contribution in [3.8, 4) is 34.3 Å². The second-order valence-electron chi connectivity index (χ2n) is 5.86. The van der Waals surface area contributed by atoms with Gasteiger partial charge >= 0.3 is 0 Å². The quantitative estimate of drug-likeness (QED) is 0.555. The van der Waals surface area contributed by atoms with Crippen molar-refractivity contribution in [1.29, 1.82) is 0 Å². The maximum Gasteiger partial charge on any atom is 0.205 e. The highest BCUT2D eigenvalue weighted by molar-refractivity contribution is 7.07. The highest BCUT2D eigenvalue weighted by atomic mass is 32.1. The molecular formula is C21H23N3O4S. The van der Waals surface area contributed by atoms with Crippen LogP contribution in [0.25, 0.3) is 11.3 Å². The van der Waals surface area contributed by atoms with Gasteiger partial charge in [0.05, 0.1) is 40.3 Å². The highest BCUT2D eigenvalue weighted by Gasteiger charge is 2.14. The molecule has 0 aliphatic rings. The smallest absolute Gasteiger partial charge is 0.205 e. The number of nitrogens with zero attached hydrogens (tertiary/aromatic N) is 3. The first-order valence-electron chi connectivity index (χ1n) is 8.77. The molecule has 29 heavy (non-hydrogen) atoms. The van der Waals surface area contributed by atoms with E-state index in [9.17, 15) is 0 Å². The monoisotopic (exact) mass is 413 g/mol. The molecule has 0 spiro atoms. The minimum absolute atomic E-state index is 0.641. The predicted octanol–water partition coefficient (Wildman–Crippen LogP) is 3.66. The van der Waals surface area contributed by atoms with E-state index in [1.165, 1.54) is 11.3 Å². The number of benzene rings is 2. The Morgan fingerprint density at radius 2 is 1.59 bits per heavy atom. The van der Waals surface area contributed by atoms with Crippen molar-refractivity contribution in [3.05, 3.63) is 52.1 Å². The third-order valence-corrected chi connectivity index (χ3v) is 5.20. The summed E-state index contributed by atoms with van der Waals surface area (Å²) in [6.45, 7) is 0. The van der Waals surface area contributed by atoms with Gasteiger partial charge in [0.2, 0.25) is 4.80 Å². The molecule has 0 unspecified atom stereocenters. The molecule has 0 saturated carbocycles. The molecule has 0 amide bonds. The van der Waals surface area contributed by atoms with Gasteiger partial charge in [0.1, 0.15) is 11.5 Å². The molecule has 0 radical (unpaired) electrons. The second kappa shape index (κ2) is 9.29. The molecule has 0 aliphatic carbocycles. The summed E-state index contributed by atoms with van der Waals surface area (Å²) in [5.74, 6) is 2.76. The maximum absolute atomic E-state index is 5.54. The third kappa shape index (κ3) is 4.27. The molecule has 2 aromatic carbocycles. The molecule has 7 nitrogen and oxygen atoms in total. The van der Waals surface area contributed by atoms with E-state index in [2.05, 4.69) is 10.1 Å². The Morgan fingerprint density at radius 3 is 2.24 bits per heavy atom. The fourth-order valence-electron chi connectivity index (χ4n) is 2.82. The fourth-order valence-corrected chi connectivity index (χ4v) is 3.61. The summed E-state index contributed by atoms with van der Waals surface area (Å²) in [5.41, 5.74) is 2.58. The lowest BCUT2D eigenvalue weighted by Crippen LogP contribution is -2.11. The lowest BCUT2D eigenvalue weighted by Gasteiger charge is -2.11. The zero-order valence-corrected chi connectivity index (χ0v) is 17.8. The standard InChI is InChI=1S/C21H23N3O4S/c1-22-21-24(23-12-14-6-8-19(27-4)20(10-14)28-5)17(13-29-21)16-11-15(25-2)7-9-18(16)26-3/h6-13H,1-5H3. The van der Waals surface area contributed by atoms with Crippen LogP contribution >= 0.6 is 11.3 Å². The maximum atomic E-state index is 5.54. The first kappa shape index (κ1) is 20.5. The Balaban J connectivity index is 2.08. The Labute approximate surface area is 173 Å².